The summed E-state index contributed by atoms with van der Waals surface area (Å²) >= 11 is 0. The Morgan fingerprint density at radius 3 is 2.42 bits per heavy atom. The van der Waals surface area contributed by atoms with Crippen molar-refractivity contribution >= 4 is 5.96 Å². The maximum absolute atomic E-state index is 13.0. The van der Waals surface area contributed by atoms with Gasteiger partial charge in [-0.3, -0.25) is 4.90 Å². The van der Waals surface area contributed by atoms with E-state index in [9.17, 15) is 13.2 Å². The van der Waals surface area contributed by atoms with Gasteiger partial charge in [-0.2, -0.15) is 13.2 Å². The second-order valence-electron chi connectivity index (χ2n) is 8.82. The molecule has 1 aromatic carbocycles. The van der Waals surface area contributed by atoms with E-state index in [2.05, 4.69) is 32.5 Å². The van der Waals surface area contributed by atoms with Gasteiger partial charge < -0.3 is 15.5 Å². The minimum absolute atomic E-state index is 0.110. The first kappa shape index (κ1) is 23.9. The first-order valence-electron chi connectivity index (χ1n) is 11.4. The zero-order chi connectivity index (χ0) is 22.3. The molecule has 0 unspecified atom stereocenters. The molecule has 0 aliphatic carbocycles. The fraction of sp³-hybridized carbons (Fsp3) is 0.696. The van der Waals surface area contributed by atoms with Crippen LogP contribution in [0, 0.1) is 0 Å². The Bertz CT molecular complexity index is 720. The smallest absolute Gasteiger partial charge is 0.357 e. The molecule has 0 amide bonds. The van der Waals surface area contributed by atoms with Crippen molar-refractivity contribution in [1.29, 1.82) is 0 Å². The van der Waals surface area contributed by atoms with E-state index >= 15 is 0 Å². The normalized spacial score (nSPS) is 21.1. The standard InChI is InChI=1S/C23H36F3N5/c1-3-27-21(28-17-19-8-7-9-20(16-19)23(24,25)26)29-18-22(10-14-30(2)15-11-22)31-12-5-4-6-13-31/h7-9,16H,3-6,10-15,17-18H2,1-2H3,(H2,27,28,29). The molecule has 0 atom stereocenters. The molecule has 2 heterocycles. The van der Waals surface area contributed by atoms with E-state index < -0.39 is 11.7 Å². The number of nitrogens with zero attached hydrogens (tertiary/aromatic N) is 3. The van der Waals surface area contributed by atoms with Crippen molar-refractivity contribution in [1.82, 2.24) is 20.4 Å². The van der Waals surface area contributed by atoms with Crippen LogP contribution in [0.1, 0.15) is 50.2 Å². The summed E-state index contributed by atoms with van der Waals surface area (Å²) in [5, 5.41) is 6.77. The largest absolute Gasteiger partial charge is 0.416 e. The maximum Gasteiger partial charge on any atom is 0.416 e. The molecule has 3 rings (SSSR count). The molecule has 2 aliphatic rings. The van der Waals surface area contributed by atoms with Crippen LogP contribution in [0.3, 0.4) is 0 Å². The third-order valence-electron chi connectivity index (χ3n) is 6.55. The van der Waals surface area contributed by atoms with Crippen LogP contribution in [0.5, 0.6) is 0 Å². The molecule has 2 N–H and O–H groups in total. The van der Waals surface area contributed by atoms with Gasteiger partial charge in [0.1, 0.15) is 0 Å². The van der Waals surface area contributed by atoms with E-state index in [0.717, 1.165) is 51.6 Å². The van der Waals surface area contributed by atoms with Crippen molar-refractivity contribution < 1.29 is 13.2 Å². The molecule has 0 radical (unpaired) electrons. The predicted octanol–water partition coefficient (Wildman–Crippen LogP) is 3.71. The summed E-state index contributed by atoms with van der Waals surface area (Å²) in [6.45, 7) is 8.15. The van der Waals surface area contributed by atoms with E-state index in [-0.39, 0.29) is 12.1 Å². The van der Waals surface area contributed by atoms with E-state index in [1.165, 1.54) is 31.4 Å². The van der Waals surface area contributed by atoms with Crippen LogP contribution in [0.25, 0.3) is 0 Å². The van der Waals surface area contributed by atoms with Gasteiger partial charge in [0.25, 0.3) is 0 Å². The average molecular weight is 440 g/mol. The third kappa shape index (κ3) is 6.59. The second kappa shape index (κ2) is 10.7. The first-order valence-corrected chi connectivity index (χ1v) is 11.4. The first-order chi connectivity index (χ1) is 14.8. The van der Waals surface area contributed by atoms with Crippen LogP contribution in [0.2, 0.25) is 0 Å². The number of hydrogen-bond donors (Lipinski definition) is 2. The number of guanidine groups is 1. The lowest BCUT2D eigenvalue weighted by Gasteiger charge is -2.50. The van der Waals surface area contributed by atoms with Gasteiger partial charge in [-0.15, -0.1) is 0 Å². The maximum atomic E-state index is 13.0. The monoisotopic (exact) mass is 439 g/mol. The number of benzene rings is 1. The van der Waals surface area contributed by atoms with Crippen LogP contribution in [0.15, 0.2) is 29.3 Å². The highest BCUT2D eigenvalue weighted by Crippen LogP contribution is 2.31. The van der Waals surface area contributed by atoms with E-state index in [1.807, 2.05) is 6.92 Å². The van der Waals surface area contributed by atoms with Crippen molar-refractivity contribution in [3.63, 3.8) is 0 Å². The average Bonchev–Trinajstić information content (AvgIpc) is 2.77. The highest BCUT2D eigenvalue weighted by Gasteiger charge is 2.39. The van der Waals surface area contributed by atoms with Crippen LogP contribution in [-0.4, -0.2) is 67.6 Å². The number of aliphatic imine (C=N–C) groups is 1. The number of alkyl halides is 3. The van der Waals surface area contributed by atoms with Gasteiger partial charge in [-0.25, -0.2) is 4.99 Å². The number of piperidine rings is 2. The SMILES string of the molecule is CCNC(=NCc1cccc(C(F)(F)F)c1)NCC1(N2CCCCC2)CCN(C)CC1. The van der Waals surface area contributed by atoms with Crippen molar-refractivity contribution in [2.24, 2.45) is 4.99 Å². The number of nitrogens with one attached hydrogen (secondary N) is 2. The molecule has 174 valence electrons. The number of rotatable bonds is 6. The molecule has 1 aromatic rings. The summed E-state index contributed by atoms with van der Waals surface area (Å²) in [5.41, 5.74) is 0.0323. The highest BCUT2D eigenvalue weighted by atomic mass is 19.4. The Labute approximate surface area is 184 Å². The molecule has 0 aromatic heterocycles. The molecule has 2 aliphatic heterocycles. The Hall–Kier alpha value is -1.80. The lowest BCUT2D eigenvalue weighted by Crippen LogP contribution is -2.62. The highest BCUT2D eigenvalue weighted by molar-refractivity contribution is 5.79. The van der Waals surface area contributed by atoms with Gasteiger partial charge in [0.15, 0.2) is 5.96 Å². The van der Waals surface area contributed by atoms with Crippen molar-refractivity contribution in [3.8, 4) is 0 Å². The van der Waals surface area contributed by atoms with Gasteiger partial charge in [0.2, 0.25) is 0 Å². The number of hydrogen-bond acceptors (Lipinski definition) is 3. The Kier molecular flexibility index (Phi) is 8.22. The minimum Gasteiger partial charge on any atom is -0.357 e. The molecular weight excluding hydrogens is 403 g/mol. The molecule has 2 saturated heterocycles. The molecule has 0 bridgehead atoms. The summed E-state index contributed by atoms with van der Waals surface area (Å²) in [7, 11) is 2.17. The molecule has 0 saturated carbocycles. The van der Waals surface area contributed by atoms with Gasteiger partial charge in [0, 0.05) is 18.6 Å². The quantitative estimate of drug-likeness (QED) is 0.524. The summed E-state index contributed by atoms with van der Waals surface area (Å²) in [6.07, 6.45) is 1.70. The summed E-state index contributed by atoms with van der Waals surface area (Å²) in [4.78, 5) is 9.62. The summed E-state index contributed by atoms with van der Waals surface area (Å²) < 4.78 is 39.0. The van der Waals surface area contributed by atoms with Crippen molar-refractivity contribution in [2.45, 2.75) is 57.3 Å². The molecule has 8 heteroatoms. The number of likely N-dealkylation sites (tertiary alicyclic amines) is 2. The topological polar surface area (TPSA) is 42.9 Å². The lowest BCUT2D eigenvalue weighted by molar-refractivity contribution is -0.137. The minimum atomic E-state index is -4.34. The Morgan fingerprint density at radius 1 is 1.06 bits per heavy atom. The van der Waals surface area contributed by atoms with Gasteiger partial charge >= 0.3 is 6.18 Å². The van der Waals surface area contributed by atoms with E-state index in [4.69, 9.17) is 0 Å². The lowest BCUT2D eigenvalue weighted by atomic mass is 9.84. The van der Waals surface area contributed by atoms with Crippen LogP contribution >= 0.6 is 0 Å². The third-order valence-corrected chi connectivity index (χ3v) is 6.55. The molecule has 5 nitrogen and oxygen atoms in total. The fourth-order valence-electron chi connectivity index (χ4n) is 4.61. The number of halogens is 3. The summed E-state index contributed by atoms with van der Waals surface area (Å²) in [5.74, 6) is 0.662. The van der Waals surface area contributed by atoms with Crippen LogP contribution < -0.4 is 10.6 Å². The van der Waals surface area contributed by atoms with Gasteiger partial charge in [-0.1, -0.05) is 18.6 Å². The zero-order valence-corrected chi connectivity index (χ0v) is 18.8. The zero-order valence-electron chi connectivity index (χ0n) is 18.8. The fourth-order valence-corrected chi connectivity index (χ4v) is 4.61. The Balaban J connectivity index is 1.69. The van der Waals surface area contributed by atoms with Gasteiger partial charge in [0.05, 0.1) is 12.1 Å². The molecule has 31 heavy (non-hydrogen) atoms. The van der Waals surface area contributed by atoms with Gasteiger partial charge in [-0.05, 0) is 83.5 Å². The van der Waals surface area contributed by atoms with Crippen LogP contribution in [-0.2, 0) is 12.7 Å². The molecule has 2 fully saturated rings. The van der Waals surface area contributed by atoms with Crippen molar-refractivity contribution in [3.05, 3.63) is 35.4 Å². The van der Waals surface area contributed by atoms with Crippen molar-refractivity contribution in [2.75, 3.05) is 46.3 Å². The Morgan fingerprint density at radius 2 is 1.77 bits per heavy atom. The molecule has 0 spiro atoms. The van der Waals surface area contributed by atoms with E-state index in [0.29, 0.717) is 18.1 Å². The van der Waals surface area contributed by atoms with E-state index in [1.54, 1.807) is 6.07 Å². The van der Waals surface area contributed by atoms with Crippen LogP contribution in [0.4, 0.5) is 13.2 Å². The molecular formula is C23H36F3N5. The second-order valence-corrected chi connectivity index (χ2v) is 8.82. The summed E-state index contributed by atoms with van der Waals surface area (Å²) in [6, 6.07) is 5.41. The predicted molar refractivity (Wildman–Crippen MR) is 119 cm³/mol.